The summed E-state index contributed by atoms with van der Waals surface area (Å²) in [5, 5.41) is 3.56. The Morgan fingerprint density at radius 2 is 2.06 bits per heavy atom. The molecule has 2 nitrogen and oxygen atoms in total. The van der Waals surface area contributed by atoms with Crippen LogP contribution in [0, 0.1) is 5.92 Å². The summed E-state index contributed by atoms with van der Waals surface area (Å²) in [6.45, 7) is 3.89. The van der Waals surface area contributed by atoms with E-state index in [0.29, 0.717) is 0 Å². The lowest BCUT2D eigenvalue weighted by Crippen LogP contribution is -2.44. The molecule has 3 aliphatic rings. The van der Waals surface area contributed by atoms with Crippen LogP contribution in [0.25, 0.3) is 0 Å². The van der Waals surface area contributed by atoms with E-state index in [9.17, 15) is 0 Å². The molecule has 16 heavy (non-hydrogen) atoms. The van der Waals surface area contributed by atoms with Crippen LogP contribution in [0.1, 0.15) is 32.1 Å². The molecule has 1 N–H and O–H groups in total. The van der Waals surface area contributed by atoms with Gasteiger partial charge in [0.15, 0.2) is 0 Å². The maximum atomic E-state index is 3.56. The van der Waals surface area contributed by atoms with Crippen molar-refractivity contribution in [1.82, 2.24) is 10.2 Å². The van der Waals surface area contributed by atoms with Crippen LogP contribution in [-0.4, -0.2) is 48.1 Å². The van der Waals surface area contributed by atoms with Gasteiger partial charge >= 0.3 is 0 Å². The molecule has 1 saturated carbocycles. The number of nitrogens with zero attached hydrogens (tertiary/aromatic N) is 1. The van der Waals surface area contributed by atoms with Crippen molar-refractivity contribution in [2.45, 2.75) is 44.2 Å². The minimum absolute atomic E-state index is 0.916. The fourth-order valence-corrected chi connectivity index (χ4v) is 4.40. The van der Waals surface area contributed by atoms with Crippen molar-refractivity contribution in [2.75, 3.05) is 31.1 Å². The SMILES string of the molecule is C1CNCC(CN(C2CC2)C2CCSC2)C1. The Morgan fingerprint density at radius 3 is 2.69 bits per heavy atom. The van der Waals surface area contributed by atoms with Gasteiger partial charge in [-0.15, -0.1) is 0 Å². The molecule has 0 amide bonds. The largest absolute Gasteiger partial charge is 0.316 e. The second-order valence-electron chi connectivity index (χ2n) is 5.66. The number of piperidine rings is 1. The van der Waals surface area contributed by atoms with E-state index in [1.54, 1.807) is 0 Å². The summed E-state index contributed by atoms with van der Waals surface area (Å²) in [5.41, 5.74) is 0. The Hall–Kier alpha value is 0.270. The Labute approximate surface area is 104 Å². The van der Waals surface area contributed by atoms with E-state index >= 15 is 0 Å². The van der Waals surface area contributed by atoms with Crippen LogP contribution in [0.2, 0.25) is 0 Å². The summed E-state index contributed by atoms with van der Waals surface area (Å²) in [6.07, 6.45) is 7.24. The highest BCUT2D eigenvalue weighted by Crippen LogP contribution is 2.34. The van der Waals surface area contributed by atoms with Crippen molar-refractivity contribution in [3.8, 4) is 0 Å². The third-order valence-electron chi connectivity index (χ3n) is 4.26. The molecule has 0 spiro atoms. The summed E-state index contributed by atoms with van der Waals surface area (Å²) in [6, 6.07) is 1.88. The standard InChI is InChI=1S/C13H24N2S/c1-2-11(8-14-6-1)9-15(12-3-4-12)13-5-7-16-10-13/h11-14H,1-10H2. The van der Waals surface area contributed by atoms with Crippen LogP contribution >= 0.6 is 11.8 Å². The molecule has 2 unspecified atom stereocenters. The van der Waals surface area contributed by atoms with E-state index in [2.05, 4.69) is 22.0 Å². The van der Waals surface area contributed by atoms with Crippen LogP contribution in [0.5, 0.6) is 0 Å². The average molecular weight is 240 g/mol. The number of thioether (sulfide) groups is 1. The number of nitrogens with one attached hydrogen (secondary N) is 1. The Kier molecular flexibility index (Phi) is 3.75. The molecular weight excluding hydrogens is 216 g/mol. The molecule has 3 fully saturated rings. The minimum Gasteiger partial charge on any atom is -0.316 e. The first-order valence-corrected chi connectivity index (χ1v) is 8.13. The summed E-state index contributed by atoms with van der Waals surface area (Å²) in [5.74, 6) is 3.73. The van der Waals surface area contributed by atoms with Crippen LogP contribution in [-0.2, 0) is 0 Å². The van der Waals surface area contributed by atoms with Gasteiger partial charge in [0.2, 0.25) is 0 Å². The van der Waals surface area contributed by atoms with Gasteiger partial charge in [-0.2, -0.15) is 11.8 Å². The molecule has 2 atom stereocenters. The molecule has 0 aromatic rings. The number of rotatable bonds is 4. The van der Waals surface area contributed by atoms with Crippen molar-refractivity contribution in [2.24, 2.45) is 5.92 Å². The van der Waals surface area contributed by atoms with Gasteiger partial charge < -0.3 is 5.32 Å². The first-order chi connectivity index (χ1) is 7.93. The van der Waals surface area contributed by atoms with Crippen LogP contribution < -0.4 is 5.32 Å². The summed E-state index contributed by atoms with van der Waals surface area (Å²) >= 11 is 2.16. The average Bonchev–Trinajstić information content (AvgIpc) is 3.02. The smallest absolute Gasteiger partial charge is 0.0197 e. The molecule has 2 saturated heterocycles. The van der Waals surface area contributed by atoms with E-state index in [1.165, 1.54) is 63.2 Å². The topological polar surface area (TPSA) is 15.3 Å². The van der Waals surface area contributed by atoms with Gasteiger partial charge in [0, 0.05) is 24.4 Å². The monoisotopic (exact) mass is 240 g/mol. The summed E-state index contributed by atoms with van der Waals surface area (Å²) < 4.78 is 0. The molecule has 3 heteroatoms. The van der Waals surface area contributed by atoms with Gasteiger partial charge in [0.1, 0.15) is 0 Å². The zero-order valence-corrected chi connectivity index (χ0v) is 11.0. The third-order valence-corrected chi connectivity index (χ3v) is 5.40. The van der Waals surface area contributed by atoms with Crippen LogP contribution in [0.3, 0.4) is 0 Å². The Morgan fingerprint density at radius 1 is 1.12 bits per heavy atom. The quantitative estimate of drug-likeness (QED) is 0.809. The molecule has 92 valence electrons. The first-order valence-electron chi connectivity index (χ1n) is 6.97. The van der Waals surface area contributed by atoms with Crippen molar-refractivity contribution < 1.29 is 0 Å². The lowest BCUT2D eigenvalue weighted by atomic mass is 9.98. The molecule has 2 heterocycles. The van der Waals surface area contributed by atoms with Crippen molar-refractivity contribution in [3.05, 3.63) is 0 Å². The highest BCUT2D eigenvalue weighted by atomic mass is 32.2. The van der Waals surface area contributed by atoms with Gasteiger partial charge in [-0.05, 0) is 56.9 Å². The van der Waals surface area contributed by atoms with E-state index < -0.39 is 0 Å². The van der Waals surface area contributed by atoms with Gasteiger partial charge in [0.05, 0.1) is 0 Å². The van der Waals surface area contributed by atoms with Gasteiger partial charge in [-0.25, -0.2) is 0 Å². The van der Waals surface area contributed by atoms with Crippen molar-refractivity contribution in [3.63, 3.8) is 0 Å². The van der Waals surface area contributed by atoms with Crippen molar-refractivity contribution >= 4 is 11.8 Å². The second-order valence-corrected chi connectivity index (χ2v) is 6.81. The van der Waals surface area contributed by atoms with E-state index in [1.807, 2.05) is 0 Å². The van der Waals surface area contributed by atoms with E-state index in [-0.39, 0.29) is 0 Å². The molecule has 2 aliphatic heterocycles. The lowest BCUT2D eigenvalue weighted by Gasteiger charge is -2.34. The fourth-order valence-electron chi connectivity index (χ4n) is 3.16. The zero-order valence-electron chi connectivity index (χ0n) is 10.2. The fraction of sp³-hybridized carbons (Fsp3) is 1.00. The normalized spacial score (nSPS) is 35.8. The number of hydrogen-bond donors (Lipinski definition) is 1. The summed E-state index contributed by atoms with van der Waals surface area (Å²) in [4.78, 5) is 2.87. The molecule has 1 aliphatic carbocycles. The first kappa shape index (κ1) is 11.4. The molecule has 0 aromatic carbocycles. The van der Waals surface area contributed by atoms with Crippen molar-refractivity contribution in [1.29, 1.82) is 0 Å². The van der Waals surface area contributed by atoms with E-state index in [0.717, 1.165) is 18.0 Å². The lowest BCUT2D eigenvalue weighted by molar-refractivity contribution is 0.156. The number of hydrogen-bond acceptors (Lipinski definition) is 3. The van der Waals surface area contributed by atoms with Gasteiger partial charge in [0.25, 0.3) is 0 Å². The molecule has 0 radical (unpaired) electrons. The summed E-state index contributed by atoms with van der Waals surface area (Å²) in [7, 11) is 0. The van der Waals surface area contributed by atoms with Gasteiger partial charge in [-0.1, -0.05) is 0 Å². The van der Waals surface area contributed by atoms with E-state index in [4.69, 9.17) is 0 Å². The predicted molar refractivity (Wildman–Crippen MR) is 71.1 cm³/mol. The van der Waals surface area contributed by atoms with Crippen LogP contribution in [0.15, 0.2) is 0 Å². The predicted octanol–water partition coefficient (Wildman–Crippen LogP) is 1.96. The second kappa shape index (κ2) is 5.28. The maximum absolute atomic E-state index is 3.56. The Balaban J connectivity index is 1.55. The highest BCUT2D eigenvalue weighted by molar-refractivity contribution is 7.99. The van der Waals surface area contributed by atoms with Crippen LogP contribution in [0.4, 0.5) is 0 Å². The molecule has 0 aromatic heterocycles. The highest BCUT2D eigenvalue weighted by Gasteiger charge is 2.36. The Bertz CT molecular complexity index is 218. The minimum atomic E-state index is 0.916. The molecule has 0 bridgehead atoms. The third kappa shape index (κ3) is 2.74. The molecule has 3 rings (SSSR count). The maximum Gasteiger partial charge on any atom is 0.0197 e. The zero-order chi connectivity index (χ0) is 10.8. The molecular formula is C13H24N2S. The van der Waals surface area contributed by atoms with Gasteiger partial charge in [-0.3, -0.25) is 4.90 Å².